The number of rotatable bonds is 5. The van der Waals surface area contributed by atoms with Gasteiger partial charge in [0.05, 0.1) is 11.3 Å². The van der Waals surface area contributed by atoms with Gasteiger partial charge in [-0.3, -0.25) is 9.59 Å². The van der Waals surface area contributed by atoms with Crippen LogP contribution in [0.3, 0.4) is 0 Å². The molecule has 1 aliphatic heterocycles. The van der Waals surface area contributed by atoms with Gasteiger partial charge in [0.1, 0.15) is 17.3 Å². The molecule has 0 aliphatic carbocycles. The lowest BCUT2D eigenvalue weighted by atomic mass is 10.0. The van der Waals surface area contributed by atoms with E-state index in [4.69, 9.17) is 0 Å². The van der Waals surface area contributed by atoms with Crippen molar-refractivity contribution in [2.24, 2.45) is 0 Å². The Hall–Kier alpha value is -4.00. The van der Waals surface area contributed by atoms with Gasteiger partial charge in [-0.05, 0) is 42.0 Å². The first-order valence-electron chi connectivity index (χ1n) is 9.55. The highest BCUT2D eigenvalue weighted by molar-refractivity contribution is 6.46. The SMILES string of the molecule is CN(C)c1ccc(NC2=C(c3ccccc3)C(=O)N(c3cc(F)ccc3F)C2=O)cc1. The van der Waals surface area contributed by atoms with Crippen LogP contribution in [0.2, 0.25) is 0 Å². The zero-order valence-corrected chi connectivity index (χ0v) is 16.9. The molecule has 0 atom stereocenters. The third-order valence-corrected chi connectivity index (χ3v) is 4.95. The van der Waals surface area contributed by atoms with Gasteiger partial charge in [-0.1, -0.05) is 30.3 Å². The van der Waals surface area contributed by atoms with Crippen molar-refractivity contribution in [3.05, 3.63) is 95.7 Å². The Morgan fingerprint density at radius 2 is 1.52 bits per heavy atom. The summed E-state index contributed by atoms with van der Waals surface area (Å²) < 4.78 is 28.2. The summed E-state index contributed by atoms with van der Waals surface area (Å²) in [5, 5.41) is 3.00. The summed E-state index contributed by atoms with van der Waals surface area (Å²) in [5.41, 5.74) is 1.69. The van der Waals surface area contributed by atoms with Crippen LogP contribution < -0.4 is 15.1 Å². The molecule has 0 saturated heterocycles. The van der Waals surface area contributed by atoms with E-state index in [9.17, 15) is 18.4 Å². The lowest BCUT2D eigenvalue weighted by Crippen LogP contribution is -2.33. The number of hydrogen-bond donors (Lipinski definition) is 1. The Labute approximate surface area is 178 Å². The molecule has 7 heteroatoms. The molecule has 0 unspecified atom stereocenters. The van der Waals surface area contributed by atoms with Crippen molar-refractivity contribution in [1.29, 1.82) is 0 Å². The van der Waals surface area contributed by atoms with Crippen LogP contribution >= 0.6 is 0 Å². The Kier molecular flexibility index (Phi) is 5.25. The van der Waals surface area contributed by atoms with E-state index in [1.54, 1.807) is 42.5 Å². The largest absolute Gasteiger partial charge is 0.378 e. The summed E-state index contributed by atoms with van der Waals surface area (Å²) in [7, 11) is 3.81. The molecule has 1 aliphatic rings. The lowest BCUT2D eigenvalue weighted by molar-refractivity contribution is -0.120. The number of anilines is 3. The molecule has 2 amide bonds. The van der Waals surface area contributed by atoms with Gasteiger partial charge < -0.3 is 10.2 Å². The van der Waals surface area contributed by atoms with Gasteiger partial charge in [0.2, 0.25) is 0 Å². The maximum Gasteiger partial charge on any atom is 0.282 e. The van der Waals surface area contributed by atoms with Crippen molar-refractivity contribution in [1.82, 2.24) is 0 Å². The highest BCUT2D eigenvalue weighted by atomic mass is 19.1. The van der Waals surface area contributed by atoms with Gasteiger partial charge in [-0.2, -0.15) is 0 Å². The Bertz CT molecular complexity index is 1190. The number of benzene rings is 3. The summed E-state index contributed by atoms with van der Waals surface area (Å²) >= 11 is 0. The first kappa shape index (κ1) is 20.3. The van der Waals surface area contributed by atoms with Crippen LogP contribution in [-0.2, 0) is 9.59 Å². The molecule has 1 heterocycles. The number of carbonyl (C=O) groups excluding carboxylic acids is 2. The zero-order chi connectivity index (χ0) is 22.1. The van der Waals surface area contributed by atoms with E-state index in [2.05, 4.69) is 5.32 Å². The van der Waals surface area contributed by atoms with Crippen LogP contribution in [0.25, 0.3) is 5.57 Å². The third kappa shape index (κ3) is 3.77. The maximum atomic E-state index is 14.4. The number of amides is 2. The van der Waals surface area contributed by atoms with Crippen LogP contribution in [0, 0.1) is 11.6 Å². The monoisotopic (exact) mass is 419 g/mol. The lowest BCUT2D eigenvalue weighted by Gasteiger charge is -2.16. The fourth-order valence-corrected chi connectivity index (χ4v) is 3.38. The van der Waals surface area contributed by atoms with Crippen LogP contribution in [0.15, 0.2) is 78.5 Å². The van der Waals surface area contributed by atoms with Crippen LogP contribution in [0.1, 0.15) is 5.56 Å². The highest BCUT2D eigenvalue weighted by Gasteiger charge is 2.41. The van der Waals surface area contributed by atoms with E-state index in [0.29, 0.717) is 16.2 Å². The molecular formula is C24H19F2N3O2. The minimum atomic E-state index is -0.868. The molecule has 0 spiro atoms. The molecule has 156 valence electrons. The molecule has 0 aromatic heterocycles. The second kappa shape index (κ2) is 8.02. The van der Waals surface area contributed by atoms with Crippen molar-refractivity contribution in [3.63, 3.8) is 0 Å². The number of halogens is 2. The topological polar surface area (TPSA) is 52.7 Å². The van der Waals surface area contributed by atoms with E-state index in [1.165, 1.54) is 0 Å². The van der Waals surface area contributed by atoms with E-state index < -0.39 is 29.1 Å². The Morgan fingerprint density at radius 3 is 2.16 bits per heavy atom. The van der Waals surface area contributed by atoms with E-state index in [1.807, 2.05) is 31.1 Å². The smallest absolute Gasteiger partial charge is 0.282 e. The number of hydrogen-bond acceptors (Lipinski definition) is 4. The summed E-state index contributed by atoms with van der Waals surface area (Å²) in [5.74, 6) is -3.11. The van der Waals surface area contributed by atoms with Crippen molar-refractivity contribution in [2.75, 3.05) is 29.2 Å². The van der Waals surface area contributed by atoms with Gasteiger partial charge in [0.15, 0.2) is 0 Å². The molecule has 31 heavy (non-hydrogen) atoms. The van der Waals surface area contributed by atoms with Crippen molar-refractivity contribution >= 4 is 34.4 Å². The molecule has 0 radical (unpaired) electrons. The van der Waals surface area contributed by atoms with Gasteiger partial charge in [0, 0.05) is 31.5 Å². The molecule has 3 aromatic carbocycles. The molecule has 5 nitrogen and oxygen atoms in total. The van der Waals surface area contributed by atoms with Crippen LogP contribution in [0.4, 0.5) is 25.8 Å². The normalized spacial score (nSPS) is 13.7. The average molecular weight is 419 g/mol. The highest BCUT2D eigenvalue weighted by Crippen LogP contribution is 2.35. The molecule has 0 fully saturated rings. The van der Waals surface area contributed by atoms with Gasteiger partial charge >= 0.3 is 0 Å². The fourth-order valence-electron chi connectivity index (χ4n) is 3.38. The van der Waals surface area contributed by atoms with Gasteiger partial charge in [0.25, 0.3) is 11.8 Å². The number of imide groups is 1. The fraction of sp³-hybridized carbons (Fsp3) is 0.0833. The third-order valence-electron chi connectivity index (χ3n) is 4.95. The van der Waals surface area contributed by atoms with E-state index >= 15 is 0 Å². The van der Waals surface area contributed by atoms with Crippen molar-refractivity contribution < 1.29 is 18.4 Å². The molecule has 3 aromatic rings. The maximum absolute atomic E-state index is 14.4. The predicted octanol–water partition coefficient (Wildman–Crippen LogP) is 4.43. The minimum absolute atomic E-state index is 0.00235. The summed E-state index contributed by atoms with van der Waals surface area (Å²) in [4.78, 5) is 29.1. The molecule has 4 rings (SSSR count). The summed E-state index contributed by atoms with van der Waals surface area (Å²) in [6, 6.07) is 18.5. The molecule has 0 bridgehead atoms. The molecule has 0 saturated carbocycles. The molecule has 1 N–H and O–H groups in total. The second-order valence-electron chi connectivity index (χ2n) is 7.22. The minimum Gasteiger partial charge on any atom is -0.378 e. The first-order valence-corrected chi connectivity index (χ1v) is 9.55. The number of nitrogens with one attached hydrogen (secondary N) is 1. The number of nitrogens with zero attached hydrogens (tertiary/aromatic N) is 2. The first-order chi connectivity index (χ1) is 14.9. The van der Waals surface area contributed by atoms with Crippen molar-refractivity contribution in [3.8, 4) is 0 Å². The Balaban J connectivity index is 1.80. The van der Waals surface area contributed by atoms with E-state index in [-0.39, 0.29) is 11.3 Å². The van der Waals surface area contributed by atoms with E-state index in [0.717, 1.165) is 23.9 Å². The number of carbonyl (C=O) groups is 2. The summed E-state index contributed by atoms with van der Waals surface area (Å²) in [6.45, 7) is 0. The zero-order valence-electron chi connectivity index (χ0n) is 16.9. The second-order valence-corrected chi connectivity index (χ2v) is 7.22. The average Bonchev–Trinajstić information content (AvgIpc) is 3.00. The van der Waals surface area contributed by atoms with Crippen LogP contribution in [0.5, 0.6) is 0 Å². The summed E-state index contributed by atoms with van der Waals surface area (Å²) in [6.07, 6.45) is 0. The van der Waals surface area contributed by atoms with Gasteiger partial charge in [-0.15, -0.1) is 0 Å². The van der Waals surface area contributed by atoms with Crippen molar-refractivity contribution in [2.45, 2.75) is 0 Å². The van der Waals surface area contributed by atoms with Crippen LogP contribution in [-0.4, -0.2) is 25.9 Å². The standard InChI is InChI=1S/C24H19F2N3O2/c1-28(2)18-11-9-17(10-12-18)27-22-21(15-6-4-3-5-7-15)23(30)29(24(22)31)20-14-16(25)8-13-19(20)26/h3-14,27H,1-2H3. The quantitative estimate of drug-likeness (QED) is 0.622. The Morgan fingerprint density at radius 1 is 0.839 bits per heavy atom. The predicted molar refractivity (Wildman–Crippen MR) is 117 cm³/mol. The molecular weight excluding hydrogens is 400 g/mol. The van der Waals surface area contributed by atoms with Gasteiger partial charge in [-0.25, -0.2) is 13.7 Å².